The fourth-order valence-electron chi connectivity index (χ4n) is 7.58. The van der Waals surface area contributed by atoms with E-state index in [1.54, 1.807) is 0 Å². The third-order valence-corrected chi connectivity index (χ3v) is 11.1. The van der Waals surface area contributed by atoms with E-state index in [4.69, 9.17) is 0 Å². The highest BCUT2D eigenvalue weighted by molar-refractivity contribution is 5.80. The molecular formula is C38H56N4O4. The number of benzene rings is 2. The average Bonchev–Trinajstić information content (AvgIpc) is 3.08. The molecule has 0 unspecified atom stereocenters. The number of piperidine rings is 4. The van der Waals surface area contributed by atoms with Gasteiger partial charge in [0, 0.05) is 75.6 Å². The summed E-state index contributed by atoms with van der Waals surface area (Å²) in [5, 5.41) is 19.2. The first-order valence-electron chi connectivity index (χ1n) is 17.7. The zero-order valence-corrected chi connectivity index (χ0v) is 28.6. The maximum atomic E-state index is 12.6. The van der Waals surface area contributed by atoms with Gasteiger partial charge in [0.25, 0.3) is 0 Å². The van der Waals surface area contributed by atoms with Crippen LogP contribution >= 0.6 is 0 Å². The number of likely N-dealkylation sites (tertiary alicyclic amines) is 2. The van der Waals surface area contributed by atoms with Crippen LogP contribution in [0.4, 0.5) is 11.4 Å². The average molecular weight is 633 g/mol. The molecule has 4 aliphatic rings. The van der Waals surface area contributed by atoms with Crippen molar-refractivity contribution in [1.82, 2.24) is 9.80 Å². The van der Waals surface area contributed by atoms with Crippen LogP contribution < -0.4 is 9.80 Å². The standard InChI is InChI=1S/2C19H28N2O2/c2*1-14-4-3-5-18(15(14)2)20-10-6-16(7-11-20)19(23)21-12-8-17(22)9-13-21/h2*3-5,16-17,22H,6-13H2,1-2H3. The van der Waals surface area contributed by atoms with Crippen molar-refractivity contribution in [2.24, 2.45) is 11.8 Å². The van der Waals surface area contributed by atoms with E-state index in [1.807, 2.05) is 9.80 Å². The smallest absolute Gasteiger partial charge is 0.225 e. The highest BCUT2D eigenvalue weighted by atomic mass is 16.3. The molecule has 8 heteroatoms. The summed E-state index contributed by atoms with van der Waals surface area (Å²) in [6.45, 7) is 15.4. The summed E-state index contributed by atoms with van der Waals surface area (Å²) in [7, 11) is 0. The van der Waals surface area contributed by atoms with Crippen molar-refractivity contribution in [3.8, 4) is 0 Å². The third-order valence-electron chi connectivity index (χ3n) is 11.1. The molecule has 2 amide bonds. The molecule has 46 heavy (non-hydrogen) atoms. The van der Waals surface area contributed by atoms with Gasteiger partial charge in [-0.2, -0.15) is 0 Å². The van der Waals surface area contributed by atoms with Crippen molar-refractivity contribution in [2.75, 3.05) is 62.2 Å². The van der Waals surface area contributed by atoms with Gasteiger partial charge in [0.2, 0.25) is 11.8 Å². The fraction of sp³-hybridized carbons (Fsp3) is 0.632. The van der Waals surface area contributed by atoms with Gasteiger partial charge < -0.3 is 29.8 Å². The summed E-state index contributed by atoms with van der Waals surface area (Å²) in [5.74, 6) is 0.924. The molecule has 2 aromatic carbocycles. The monoisotopic (exact) mass is 632 g/mol. The summed E-state index contributed by atoms with van der Waals surface area (Å²) >= 11 is 0. The minimum atomic E-state index is -0.217. The van der Waals surface area contributed by atoms with Gasteiger partial charge >= 0.3 is 0 Å². The Morgan fingerprint density at radius 3 is 1.17 bits per heavy atom. The molecule has 0 radical (unpaired) electrons. The number of nitrogens with zero attached hydrogens (tertiary/aromatic N) is 4. The van der Waals surface area contributed by atoms with Crippen LogP contribution in [0.2, 0.25) is 0 Å². The predicted molar refractivity (Wildman–Crippen MR) is 185 cm³/mol. The number of aliphatic hydroxyl groups excluding tert-OH is 2. The molecule has 0 aromatic heterocycles. The highest BCUT2D eigenvalue weighted by Crippen LogP contribution is 2.30. The summed E-state index contributed by atoms with van der Waals surface area (Å²) in [5.41, 5.74) is 7.98. The largest absolute Gasteiger partial charge is 0.393 e. The van der Waals surface area contributed by atoms with Crippen LogP contribution in [0.25, 0.3) is 0 Å². The molecule has 0 atom stereocenters. The number of carbonyl (C=O) groups is 2. The van der Waals surface area contributed by atoms with E-state index in [2.05, 4.69) is 73.9 Å². The number of rotatable bonds is 4. The van der Waals surface area contributed by atoms with Crippen LogP contribution in [0.3, 0.4) is 0 Å². The number of hydrogen-bond donors (Lipinski definition) is 2. The Balaban J connectivity index is 0.000000181. The zero-order valence-electron chi connectivity index (χ0n) is 28.6. The van der Waals surface area contributed by atoms with Crippen molar-refractivity contribution < 1.29 is 19.8 Å². The molecule has 0 spiro atoms. The van der Waals surface area contributed by atoms with Crippen LogP contribution in [0.5, 0.6) is 0 Å². The van der Waals surface area contributed by atoms with E-state index in [0.717, 1.165) is 104 Å². The molecule has 4 fully saturated rings. The van der Waals surface area contributed by atoms with E-state index >= 15 is 0 Å². The molecule has 8 nitrogen and oxygen atoms in total. The molecule has 4 saturated heterocycles. The van der Waals surface area contributed by atoms with Crippen molar-refractivity contribution in [2.45, 2.75) is 91.3 Å². The van der Waals surface area contributed by atoms with Crippen LogP contribution in [0.1, 0.15) is 73.6 Å². The van der Waals surface area contributed by atoms with E-state index in [0.29, 0.717) is 11.8 Å². The number of hydrogen-bond acceptors (Lipinski definition) is 6. The summed E-state index contributed by atoms with van der Waals surface area (Å²) in [6, 6.07) is 12.9. The fourth-order valence-corrected chi connectivity index (χ4v) is 7.58. The molecule has 0 bridgehead atoms. The molecule has 252 valence electrons. The SMILES string of the molecule is Cc1cccc(N2CCC(C(=O)N3CCC(O)CC3)CC2)c1C.Cc1cccc(N2CCC(C(=O)N3CCC(O)CC3)CC2)c1C. The number of aryl methyl sites for hydroxylation is 2. The van der Waals surface area contributed by atoms with Gasteiger partial charge in [0.15, 0.2) is 0 Å². The summed E-state index contributed by atoms with van der Waals surface area (Å²) in [6.07, 6.45) is 6.23. The van der Waals surface area contributed by atoms with Gasteiger partial charge in [-0.05, 0) is 113 Å². The lowest BCUT2D eigenvalue weighted by Gasteiger charge is -2.37. The minimum Gasteiger partial charge on any atom is -0.393 e. The first-order valence-corrected chi connectivity index (χ1v) is 17.7. The van der Waals surface area contributed by atoms with Gasteiger partial charge in [-0.15, -0.1) is 0 Å². The molecule has 0 saturated carbocycles. The third kappa shape index (κ3) is 8.24. The maximum absolute atomic E-state index is 12.6. The Kier molecular flexibility index (Phi) is 11.7. The van der Waals surface area contributed by atoms with Crippen LogP contribution in [-0.4, -0.2) is 96.4 Å². The number of aliphatic hydroxyl groups is 2. The normalized spacial score (nSPS) is 20.8. The Hall–Kier alpha value is -3.10. The molecule has 6 rings (SSSR count). The molecule has 4 aliphatic heterocycles. The van der Waals surface area contributed by atoms with Gasteiger partial charge in [-0.3, -0.25) is 9.59 Å². The molecule has 2 N–H and O–H groups in total. The van der Waals surface area contributed by atoms with Crippen molar-refractivity contribution in [3.63, 3.8) is 0 Å². The maximum Gasteiger partial charge on any atom is 0.225 e. The Bertz CT molecular complexity index is 1210. The van der Waals surface area contributed by atoms with Crippen molar-refractivity contribution >= 4 is 23.2 Å². The quantitative estimate of drug-likeness (QED) is 0.493. The van der Waals surface area contributed by atoms with Gasteiger partial charge in [-0.1, -0.05) is 24.3 Å². The van der Waals surface area contributed by atoms with E-state index in [9.17, 15) is 19.8 Å². The highest BCUT2D eigenvalue weighted by Gasteiger charge is 2.32. The second-order valence-electron chi connectivity index (χ2n) is 14.1. The lowest BCUT2D eigenvalue weighted by molar-refractivity contribution is -0.139. The molecular weight excluding hydrogens is 576 g/mol. The van der Waals surface area contributed by atoms with Crippen LogP contribution in [-0.2, 0) is 9.59 Å². The van der Waals surface area contributed by atoms with Gasteiger partial charge in [0.05, 0.1) is 12.2 Å². The Morgan fingerprint density at radius 2 is 0.848 bits per heavy atom. The number of amides is 2. The van der Waals surface area contributed by atoms with E-state index < -0.39 is 0 Å². The van der Waals surface area contributed by atoms with Crippen molar-refractivity contribution in [3.05, 3.63) is 58.7 Å². The first kappa shape index (κ1) is 34.2. The second-order valence-corrected chi connectivity index (χ2v) is 14.1. The Labute approximate surface area is 276 Å². The van der Waals surface area contributed by atoms with Crippen molar-refractivity contribution in [1.29, 1.82) is 0 Å². The molecule has 0 aliphatic carbocycles. The van der Waals surface area contributed by atoms with E-state index in [-0.39, 0.29) is 24.0 Å². The van der Waals surface area contributed by atoms with Crippen LogP contribution in [0.15, 0.2) is 36.4 Å². The number of anilines is 2. The lowest BCUT2D eigenvalue weighted by atomic mass is 9.93. The topological polar surface area (TPSA) is 87.6 Å². The summed E-state index contributed by atoms with van der Waals surface area (Å²) in [4.78, 5) is 34.1. The predicted octanol–water partition coefficient (Wildman–Crippen LogP) is 5.01. The zero-order chi connectivity index (χ0) is 32.8. The minimum absolute atomic E-state index is 0.159. The van der Waals surface area contributed by atoms with E-state index in [1.165, 1.54) is 33.6 Å². The molecule has 2 aromatic rings. The first-order chi connectivity index (χ1) is 22.1. The second kappa shape index (κ2) is 15.7. The van der Waals surface area contributed by atoms with Crippen LogP contribution in [0, 0.1) is 39.5 Å². The number of carbonyl (C=O) groups excluding carboxylic acids is 2. The lowest BCUT2D eigenvalue weighted by Crippen LogP contribution is -2.46. The van der Waals surface area contributed by atoms with Gasteiger partial charge in [0.1, 0.15) is 0 Å². The Morgan fingerprint density at radius 1 is 0.522 bits per heavy atom. The molecule has 4 heterocycles. The summed E-state index contributed by atoms with van der Waals surface area (Å²) < 4.78 is 0. The van der Waals surface area contributed by atoms with Gasteiger partial charge in [-0.25, -0.2) is 0 Å².